The van der Waals surface area contributed by atoms with Crippen LogP contribution in [0.25, 0.3) is 5.69 Å². The minimum absolute atomic E-state index is 0.0631. The minimum Gasteiger partial charge on any atom is -0.485 e. The first-order valence-electron chi connectivity index (χ1n) is 9.45. The lowest BCUT2D eigenvalue weighted by Gasteiger charge is -2.39. The molecule has 1 aromatic heterocycles. The van der Waals surface area contributed by atoms with Crippen LogP contribution >= 0.6 is 0 Å². The Morgan fingerprint density at radius 2 is 2.04 bits per heavy atom. The summed E-state index contributed by atoms with van der Waals surface area (Å²) in [5.74, 6) is 0.899. The smallest absolute Gasteiger partial charge is 0.274 e. The summed E-state index contributed by atoms with van der Waals surface area (Å²) in [6.45, 7) is 8.21. The molecule has 5 heteroatoms. The number of benzene rings is 1. The van der Waals surface area contributed by atoms with E-state index < -0.39 is 0 Å². The maximum Gasteiger partial charge on any atom is 0.274 e. The summed E-state index contributed by atoms with van der Waals surface area (Å²) in [5, 5.41) is 0. The lowest BCUT2D eigenvalue weighted by Crippen LogP contribution is -2.38. The zero-order valence-electron chi connectivity index (χ0n) is 15.7. The third-order valence-corrected chi connectivity index (χ3v) is 6.23. The molecule has 2 bridgehead atoms. The van der Waals surface area contributed by atoms with Gasteiger partial charge < -0.3 is 9.64 Å². The molecule has 1 saturated heterocycles. The summed E-state index contributed by atoms with van der Waals surface area (Å²) < 4.78 is 7.87. The van der Waals surface area contributed by atoms with E-state index in [1.54, 1.807) is 6.33 Å². The average Bonchev–Trinajstić information content (AvgIpc) is 3.12. The topological polar surface area (TPSA) is 47.4 Å². The standard InChI is InChI=1S/C21H25N3O2/c1-20(2)8-14-9-21(3,11-20)12-23(14)19(25)18-16-10-26-17-7-5-4-6-15(17)24(16)13-22-18/h4-7,13-14H,8-12H2,1-3H3. The molecule has 1 aromatic carbocycles. The van der Waals surface area contributed by atoms with Gasteiger partial charge in [0.15, 0.2) is 5.69 Å². The molecule has 0 N–H and O–H groups in total. The number of ether oxygens (including phenoxy) is 1. The summed E-state index contributed by atoms with van der Waals surface area (Å²) in [6, 6.07) is 8.21. The lowest BCUT2D eigenvalue weighted by atomic mass is 9.65. The summed E-state index contributed by atoms with van der Waals surface area (Å²) >= 11 is 0. The Labute approximate surface area is 154 Å². The first-order valence-corrected chi connectivity index (χ1v) is 9.45. The van der Waals surface area contributed by atoms with E-state index in [-0.39, 0.29) is 11.3 Å². The number of aromatic nitrogens is 2. The highest BCUT2D eigenvalue weighted by Crippen LogP contribution is 2.52. The molecule has 5 rings (SSSR count). The highest BCUT2D eigenvalue weighted by atomic mass is 16.5. The fourth-order valence-corrected chi connectivity index (χ4v) is 5.66. The van der Waals surface area contributed by atoms with Gasteiger partial charge in [-0.3, -0.25) is 9.36 Å². The fourth-order valence-electron chi connectivity index (χ4n) is 5.66. The summed E-state index contributed by atoms with van der Waals surface area (Å²) in [4.78, 5) is 20.0. The number of nitrogens with zero attached hydrogens (tertiary/aromatic N) is 3. The van der Waals surface area contributed by atoms with Gasteiger partial charge in [0, 0.05) is 12.6 Å². The molecule has 1 aliphatic carbocycles. The fraction of sp³-hybridized carbons (Fsp3) is 0.524. The Balaban J connectivity index is 1.50. The van der Waals surface area contributed by atoms with Gasteiger partial charge in [0.2, 0.25) is 0 Å². The number of carbonyl (C=O) groups excluding carboxylic acids is 1. The van der Waals surface area contributed by atoms with E-state index in [1.807, 2.05) is 28.8 Å². The van der Waals surface area contributed by atoms with Crippen molar-refractivity contribution in [1.82, 2.24) is 14.5 Å². The molecule has 1 amide bonds. The SMILES string of the molecule is CC1(C)CC2CC(C)(CN2C(=O)c2ncn3c2COc2ccccc2-3)C1. The monoisotopic (exact) mass is 351 g/mol. The van der Waals surface area contributed by atoms with Crippen LogP contribution in [0.5, 0.6) is 5.75 Å². The molecule has 5 nitrogen and oxygen atoms in total. The van der Waals surface area contributed by atoms with E-state index in [0.717, 1.165) is 36.5 Å². The zero-order chi connectivity index (χ0) is 18.1. The predicted octanol–water partition coefficient (Wildman–Crippen LogP) is 3.81. The molecule has 2 fully saturated rings. The van der Waals surface area contributed by atoms with Crippen molar-refractivity contribution in [2.24, 2.45) is 10.8 Å². The van der Waals surface area contributed by atoms with Gasteiger partial charge >= 0.3 is 0 Å². The minimum atomic E-state index is 0.0631. The molecule has 136 valence electrons. The highest BCUT2D eigenvalue weighted by Gasteiger charge is 2.51. The summed E-state index contributed by atoms with van der Waals surface area (Å²) in [5.41, 5.74) is 2.88. The van der Waals surface area contributed by atoms with Gasteiger partial charge in [0.05, 0.1) is 11.4 Å². The van der Waals surface area contributed by atoms with Crippen LogP contribution in [0.4, 0.5) is 0 Å². The number of carbonyl (C=O) groups is 1. The Bertz CT molecular complexity index is 900. The third kappa shape index (κ3) is 2.29. The Morgan fingerprint density at radius 3 is 2.88 bits per heavy atom. The van der Waals surface area contributed by atoms with Gasteiger partial charge in [-0.25, -0.2) is 4.98 Å². The normalized spacial score (nSPS) is 28.3. The number of imidazole rings is 1. The van der Waals surface area contributed by atoms with Gasteiger partial charge in [-0.05, 0) is 42.2 Å². The molecule has 3 heterocycles. The predicted molar refractivity (Wildman–Crippen MR) is 98.5 cm³/mol. The molecule has 0 radical (unpaired) electrons. The molecular weight excluding hydrogens is 326 g/mol. The van der Waals surface area contributed by atoms with Gasteiger partial charge in [-0.15, -0.1) is 0 Å². The lowest BCUT2D eigenvalue weighted by molar-refractivity contribution is 0.0699. The van der Waals surface area contributed by atoms with E-state index in [4.69, 9.17) is 4.74 Å². The molecule has 3 aliphatic rings. The number of hydrogen-bond acceptors (Lipinski definition) is 3. The second-order valence-corrected chi connectivity index (χ2v) is 9.31. The quantitative estimate of drug-likeness (QED) is 0.785. The van der Waals surface area contributed by atoms with Crippen LogP contribution in [0.1, 0.15) is 56.2 Å². The van der Waals surface area contributed by atoms with Crippen molar-refractivity contribution >= 4 is 5.91 Å². The van der Waals surface area contributed by atoms with Crippen LogP contribution in [0.3, 0.4) is 0 Å². The van der Waals surface area contributed by atoms with Gasteiger partial charge in [0.25, 0.3) is 5.91 Å². The van der Waals surface area contributed by atoms with Crippen molar-refractivity contribution in [3.63, 3.8) is 0 Å². The molecule has 0 spiro atoms. The highest BCUT2D eigenvalue weighted by molar-refractivity contribution is 5.94. The van der Waals surface area contributed by atoms with Crippen LogP contribution in [-0.2, 0) is 6.61 Å². The largest absolute Gasteiger partial charge is 0.485 e. The van der Waals surface area contributed by atoms with Crippen LogP contribution in [0.2, 0.25) is 0 Å². The van der Waals surface area contributed by atoms with E-state index in [1.165, 1.54) is 6.42 Å². The number of hydrogen-bond donors (Lipinski definition) is 0. The van der Waals surface area contributed by atoms with Crippen molar-refractivity contribution < 1.29 is 9.53 Å². The van der Waals surface area contributed by atoms with Crippen molar-refractivity contribution in [2.45, 2.75) is 52.7 Å². The molecule has 2 atom stereocenters. The molecule has 1 saturated carbocycles. The second-order valence-electron chi connectivity index (χ2n) is 9.31. The van der Waals surface area contributed by atoms with E-state index in [2.05, 4.69) is 30.7 Å². The van der Waals surface area contributed by atoms with Crippen LogP contribution in [-0.4, -0.2) is 32.9 Å². The number of rotatable bonds is 1. The van der Waals surface area contributed by atoms with Crippen molar-refractivity contribution in [2.75, 3.05) is 6.54 Å². The first kappa shape index (κ1) is 15.9. The Kier molecular flexibility index (Phi) is 3.13. The van der Waals surface area contributed by atoms with E-state index in [0.29, 0.717) is 23.8 Å². The average molecular weight is 351 g/mol. The van der Waals surface area contributed by atoms with Crippen LogP contribution in [0.15, 0.2) is 30.6 Å². The van der Waals surface area contributed by atoms with Crippen LogP contribution in [0, 0.1) is 10.8 Å². The summed E-state index contributed by atoms with van der Waals surface area (Å²) in [7, 11) is 0. The van der Waals surface area contributed by atoms with E-state index in [9.17, 15) is 4.79 Å². The van der Waals surface area contributed by atoms with Gasteiger partial charge in [0.1, 0.15) is 18.7 Å². The number of likely N-dealkylation sites (tertiary alicyclic amines) is 1. The second kappa shape index (κ2) is 5.12. The number of fused-ring (bicyclic) bond motifs is 5. The van der Waals surface area contributed by atoms with Gasteiger partial charge in [-0.2, -0.15) is 0 Å². The molecular formula is C21H25N3O2. The summed E-state index contributed by atoms with van der Waals surface area (Å²) in [6.07, 6.45) is 5.12. The molecule has 2 aliphatic heterocycles. The molecule has 2 aromatic rings. The van der Waals surface area contributed by atoms with Crippen molar-refractivity contribution in [3.8, 4) is 11.4 Å². The Morgan fingerprint density at radius 1 is 1.23 bits per heavy atom. The first-order chi connectivity index (χ1) is 12.4. The maximum atomic E-state index is 13.4. The van der Waals surface area contributed by atoms with Gasteiger partial charge in [-0.1, -0.05) is 32.9 Å². The van der Waals surface area contributed by atoms with Crippen molar-refractivity contribution in [3.05, 3.63) is 42.0 Å². The molecule has 26 heavy (non-hydrogen) atoms. The van der Waals surface area contributed by atoms with Crippen molar-refractivity contribution in [1.29, 1.82) is 0 Å². The Hall–Kier alpha value is -2.30. The maximum absolute atomic E-state index is 13.4. The van der Waals surface area contributed by atoms with E-state index >= 15 is 0 Å². The third-order valence-electron chi connectivity index (χ3n) is 6.23. The zero-order valence-corrected chi connectivity index (χ0v) is 15.7. The number of para-hydroxylation sites is 2. The number of amides is 1. The molecule has 2 unspecified atom stereocenters. The van der Waals surface area contributed by atoms with Crippen LogP contribution < -0.4 is 4.74 Å².